The van der Waals surface area contributed by atoms with E-state index >= 15 is 0 Å². The molecule has 0 aliphatic rings. The Balaban J connectivity index is 1.12. The van der Waals surface area contributed by atoms with E-state index in [-0.39, 0.29) is 0 Å². The standard InChI is InChI=1S/C45H28N2S2/c1-2-11-32(12-3-1)45-46-41-27-40-39-26-36(23-24-42(39)48-43(40)28-44(41)49-45)47(35-22-17-29-9-4-5-13-33(29)25-35)34-20-18-31(19-21-34)38-16-8-14-30-10-6-7-15-37(30)38/h1-28H. The van der Waals surface area contributed by atoms with Crippen molar-refractivity contribution in [2.45, 2.75) is 0 Å². The Bertz CT molecular complexity index is 2820. The Morgan fingerprint density at radius 2 is 1.08 bits per heavy atom. The van der Waals surface area contributed by atoms with E-state index in [1.54, 1.807) is 11.3 Å². The van der Waals surface area contributed by atoms with Crippen LogP contribution in [0.1, 0.15) is 0 Å². The van der Waals surface area contributed by atoms with Crippen LogP contribution in [0.15, 0.2) is 170 Å². The van der Waals surface area contributed by atoms with Crippen molar-refractivity contribution in [1.82, 2.24) is 4.98 Å². The molecule has 0 amide bonds. The Hall–Kier alpha value is -5.81. The van der Waals surface area contributed by atoms with E-state index in [2.05, 4.69) is 175 Å². The summed E-state index contributed by atoms with van der Waals surface area (Å²) in [5, 5.41) is 8.55. The van der Waals surface area contributed by atoms with E-state index in [1.807, 2.05) is 11.3 Å². The zero-order chi connectivity index (χ0) is 32.3. The highest BCUT2D eigenvalue weighted by Gasteiger charge is 2.17. The van der Waals surface area contributed by atoms with Gasteiger partial charge in [0.05, 0.1) is 10.2 Å². The van der Waals surface area contributed by atoms with Crippen LogP contribution in [0, 0.1) is 0 Å². The SMILES string of the molecule is c1ccc(-c2nc3cc4c(cc3s2)sc2ccc(N(c3ccc(-c5cccc6ccccc56)cc3)c3ccc5ccccc5c3)cc24)cc1. The molecular formula is C45H28N2S2. The van der Waals surface area contributed by atoms with Gasteiger partial charge in [-0.25, -0.2) is 4.98 Å². The lowest BCUT2D eigenvalue weighted by molar-refractivity contribution is 1.30. The predicted molar refractivity (Wildman–Crippen MR) is 213 cm³/mol. The molecule has 0 atom stereocenters. The number of benzene rings is 8. The van der Waals surface area contributed by atoms with Crippen LogP contribution in [0.5, 0.6) is 0 Å². The number of thiazole rings is 1. The van der Waals surface area contributed by atoms with Crippen molar-refractivity contribution in [2.24, 2.45) is 0 Å². The average Bonchev–Trinajstić information content (AvgIpc) is 3.75. The van der Waals surface area contributed by atoms with Crippen molar-refractivity contribution in [3.05, 3.63) is 170 Å². The summed E-state index contributed by atoms with van der Waals surface area (Å²) < 4.78 is 3.80. The molecule has 230 valence electrons. The van der Waals surface area contributed by atoms with Crippen molar-refractivity contribution in [2.75, 3.05) is 4.90 Å². The second-order valence-corrected chi connectivity index (χ2v) is 14.5. The van der Waals surface area contributed by atoms with Gasteiger partial charge < -0.3 is 4.90 Å². The minimum Gasteiger partial charge on any atom is -0.310 e. The Morgan fingerprint density at radius 1 is 0.388 bits per heavy atom. The summed E-state index contributed by atoms with van der Waals surface area (Å²) in [5.41, 5.74) is 8.05. The lowest BCUT2D eigenvalue weighted by Gasteiger charge is -2.26. The van der Waals surface area contributed by atoms with Gasteiger partial charge in [0, 0.05) is 42.8 Å². The van der Waals surface area contributed by atoms with Gasteiger partial charge >= 0.3 is 0 Å². The van der Waals surface area contributed by atoms with Gasteiger partial charge in [-0.1, -0.05) is 115 Å². The largest absolute Gasteiger partial charge is 0.310 e. The van der Waals surface area contributed by atoms with E-state index in [9.17, 15) is 0 Å². The van der Waals surface area contributed by atoms with Crippen LogP contribution in [-0.4, -0.2) is 4.98 Å². The fourth-order valence-electron chi connectivity index (χ4n) is 7.06. The molecule has 0 fully saturated rings. The first-order valence-corrected chi connectivity index (χ1v) is 18.1. The van der Waals surface area contributed by atoms with E-state index in [4.69, 9.17) is 4.98 Å². The van der Waals surface area contributed by atoms with Crippen molar-refractivity contribution in [3.63, 3.8) is 0 Å². The molecule has 0 radical (unpaired) electrons. The zero-order valence-corrected chi connectivity index (χ0v) is 28.0. The molecule has 2 heterocycles. The molecule has 0 N–H and O–H groups in total. The summed E-state index contributed by atoms with van der Waals surface area (Å²) in [6.07, 6.45) is 0. The molecular weight excluding hydrogens is 633 g/mol. The average molecular weight is 661 g/mol. The molecule has 0 aliphatic carbocycles. The molecule has 2 aromatic heterocycles. The molecule has 10 aromatic rings. The van der Waals surface area contributed by atoms with Gasteiger partial charge in [-0.15, -0.1) is 22.7 Å². The van der Waals surface area contributed by atoms with Crippen molar-refractivity contribution >= 4 is 91.7 Å². The summed E-state index contributed by atoms with van der Waals surface area (Å²) in [7, 11) is 0. The fraction of sp³-hybridized carbons (Fsp3) is 0. The number of aromatic nitrogens is 1. The number of hydrogen-bond donors (Lipinski definition) is 0. The first-order chi connectivity index (χ1) is 24.2. The third-order valence-corrected chi connectivity index (χ3v) is 11.7. The summed E-state index contributed by atoms with van der Waals surface area (Å²) in [6.45, 7) is 0. The van der Waals surface area contributed by atoms with E-state index in [0.29, 0.717) is 0 Å². The van der Waals surface area contributed by atoms with Gasteiger partial charge in [0.1, 0.15) is 5.01 Å². The van der Waals surface area contributed by atoms with Gasteiger partial charge in [0.2, 0.25) is 0 Å². The summed E-state index contributed by atoms with van der Waals surface area (Å²) in [5.74, 6) is 0. The lowest BCUT2D eigenvalue weighted by Crippen LogP contribution is -2.09. The molecule has 0 saturated carbocycles. The van der Waals surface area contributed by atoms with Crippen LogP contribution in [0.25, 0.3) is 73.6 Å². The van der Waals surface area contributed by atoms with Crippen molar-refractivity contribution in [1.29, 1.82) is 0 Å². The summed E-state index contributed by atoms with van der Waals surface area (Å²) >= 11 is 3.62. The molecule has 0 unspecified atom stereocenters. The Labute approximate surface area is 291 Å². The van der Waals surface area contributed by atoms with Crippen LogP contribution >= 0.6 is 22.7 Å². The highest BCUT2D eigenvalue weighted by Crippen LogP contribution is 2.44. The van der Waals surface area contributed by atoms with Gasteiger partial charge in [0.15, 0.2) is 0 Å². The first kappa shape index (κ1) is 28.2. The minimum atomic E-state index is 1.05. The van der Waals surface area contributed by atoms with E-state index < -0.39 is 0 Å². The number of anilines is 3. The van der Waals surface area contributed by atoms with Crippen LogP contribution in [0.3, 0.4) is 0 Å². The molecule has 0 bridgehead atoms. The van der Waals surface area contributed by atoms with Crippen molar-refractivity contribution in [3.8, 4) is 21.7 Å². The third kappa shape index (κ3) is 4.88. The first-order valence-electron chi connectivity index (χ1n) is 16.4. The number of rotatable bonds is 5. The maximum atomic E-state index is 5.07. The molecule has 4 heteroatoms. The number of hydrogen-bond acceptors (Lipinski definition) is 4. The number of nitrogens with zero attached hydrogens (tertiary/aromatic N) is 2. The minimum absolute atomic E-state index is 1.05. The smallest absolute Gasteiger partial charge is 0.124 e. The van der Waals surface area contributed by atoms with Crippen LogP contribution in [0.2, 0.25) is 0 Å². The Kier molecular flexibility index (Phi) is 6.57. The van der Waals surface area contributed by atoms with Crippen LogP contribution in [-0.2, 0) is 0 Å². The molecule has 0 spiro atoms. The van der Waals surface area contributed by atoms with Gasteiger partial charge in [0.25, 0.3) is 0 Å². The number of fused-ring (bicyclic) bond motifs is 6. The van der Waals surface area contributed by atoms with Crippen LogP contribution in [0.4, 0.5) is 17.1 Å². The summed E-state index contributed by atoms with van der Waals surface area (Å²) in [4.78, 5) is 7.45. The molecule has 2 nitrogen and oxygen atoms in total. The second-order valence-electron chi connectivity index (χ2n) is 12.4. The maximum Gasteiger partial charge on any atom is 0.124 e. The molecule has 10 rings (SSSR count). The summed E-state index contributed by atoms with van der Waals surface area (Å²) in [6, 6.07) is 61.5. The highest BCUT2D eigenvalue weighted by atomic mass is 32.1. The third-order valence-electron chi connectivity index (χ3n) is 9.46. The highest BCUT2D eigenvalue weighted by molar-refractivity contribution is 7.26. The zero-order valence-electron chi connectivity index (χ0n) is 26.4. The fourth-order valence-corrected chi connectivity index (χ4v) is 9.23. The normalized spacial score (nSPS) is 11.7. The van der Waals surface area contributed by atoms with E-state index in [0.717, 1.165) is 33.1 Å². The second kappa shape index (κ2) is 11.4. The van der Waals surface area contributed by atoms with Crippen molar-refractivity contribution < 1.29 is 0 Å². The number of thiophene rings is 1. The van der Waals surface area contributed by atoms with E-state index in [1.165, 1.54) is 57.5 Å². The topological polar surface area (TPSA) is 16.1 Å². The van der Waals surface area contributed by atoms with Gasteiger partial charge in [-0.2, -0.15) is 0 Å². The quantitative estimate of drug-likeness (QED) is 0.183. The lowest BCUT2D eigenvalue weighted by atomic mass is 9.98. The van der Waals surface area contributed by atoms with Crippen LogP contribution < -0.4 is 4.90 Å². The van der Waals surface area contributed by atoms with Gasteiger partial charge in [-0.05, 0) is 87.3 Å². The maximum absolute atomic E-state index is 5.07. The monoisotopic (exact) mass is 660 g/mol. The molecule has 0 saturated heterocycles. The molecule has 0 aliphatic heterocycles. The Morgan fingerprint density at radius 3 is 1.96 bits per heavy atom. The van der Waals surface area contributed by atoms with Gasteiger partial charge in [-0.3, -0.25) is 0 Å². The predicted octanol–water partition coefficient (Wildman–Crippen LogP) is 13.8. The molecule has 49 heavy (non-hydrogen) atoms. The molecule has 8 aromatic carbocycles.